The number of thiophene rings is 1. The minimum atomic E-state index is 0.608. The van der Waals surface area contributed by atoms with Gasteiger partial charge in [-0.3, -0.25) is 0 Å². The van der Waals surface area contributed by atoms with E-state index in [1.165, 1.54) is 20.2 Å². The van der Waals surface area contributed by atoms with Crippen molar-refractivity contribution in [2.24, 2.45) is 0 Å². The Kier molecular flexibility index (Phi) is 6.98. The monoisotopic (exact) mass is 681 g/mol. The summed E-state index contributed by atoms with van der Waals surface area (Å²) in [6, 6.07) is 58.6. The van der Waals surface area contributed by atoms with Crippen molar-refractivity contribution in [3.05, 3.63) is 169 Å². The number of rotatable bonds is 5. The number of aromatic nitrogens is 4. The lowest BCUT2D eigenvalue weighted by Crippen LogP contribution is -2.00. The van der Waals surface area contributed by atoms with Crippen molar-refractivity contribution in [2.45, 2.75) is 0 Å². The first kappa shape index (κ1) is 29.9. The largest absolute Gasteiger partial charge is 0.309 e. The minimum absolute atomic E-state index is 0.608. The Bertz CT molecular complexity index is 2970. The van der Waals surface area contributed by atoms with Crippen LogP contribution in [0.2, 0.25) is 0 Å². The quantitative estimate of drug-likeness (QED) is 0.181. The van der Waals surface area contributed by atoms with Gasteiger partial charge in [0.15, 0.2) is 17.5 Å². The number of benzene rings is 7. The van der Waals surface area contributed by atoms with Gasteiger partial charge in [0.25, 0.3) is 0 Å². The molecule has 0 fully saturated rings. The summed E-state index contributed by atoms with van der Waals surface area (Å²) in [5, 5.41) is 14.9. The summed E-state index contributed by atoms with van der Waals surface area (Å²) in [5.41, 5.74) is 8.47. The van der Waals surface area contributed by atoms with Crippen LogP contribution < -0.4 is 0 Å². The van der Waals surface area contributed by atoms with E-state index in [-0.39, 0.29) is 0 Å². The van der Waals surface area contributed by atoms with Crippen molar-refractivity contribution in [3.63, 3.8) is 0 Å². The molecule has 0 saturated heterocycles. The molecule has 7 aromatic carbocycles. The summed E-state index contributed by atoms with van der Waals surface area (Å²) in [6.45, 7) is 0. The van der Waals surface area contributed by atoms with E-state index in [1.54, 1.807) is 11.3 Å². The first-order chi connectivity index (χ1) is 25.7. The van der Waals surface area contributed by atoms with E-state index in [0.717, 1.165) is 55.3 Å². The van der Waals surface area contributed by atoms with Crippen LogP contribution in [0, 0.1) is 11.3 Å². The van der Waals surface area contributed by atoms with E-state index < -0.39 is 0 Å². The Labute approximate surface area is 303 Å². The van der Waals surface area contributed by atoms with E-state index in [9.17, 15) is 5.26 Å². The third-order valence-corrected chi connectivity index (χ3v) is 10.8. The van der Waals surface area contributed by atoms with Crippen LogP contribution in [-0.2, 0) is 0 Å². The van der Waals surface area contributed by atoms with Gasteiger partial charge in [0, 0.05) is 53.3 Å². The summed E-state index contributed by atoms with van der Waals surface area (Å²) >= 11 is 1.81. The summed E-state index contributed by atoms with van der Waals surface area (Å²) in [4.78, 5) is 14.9. The second-order valence-electron chi connectivity index (χ2n) is 12.8. The Balaban J connectivity index is 1.15. The van der Waals surface area contributed by atoms with Crippen LogP contribution in [0.1, 0.15) is 5.56 Å². The molecule has 6 heteroatoms. The fourth-order valence-corrected chi connectivity index (χ4v) is 8.29. The second kappa shape index (κ2) is 12.1. The highest BCUT2D eigenvalue weighted by Crippen LogP contribution is 2.39. The summed E-state index contributed by atoms with van der Waals surface area (Å²) in [5.74, 6) is 1.86. The van der Waals surface area contributed by atoms with Gasteiger partial charge >= 0.3 is 0 Å². The molecule has 0 radical (unpaired) electrons. The van der Waals surface area contributed by atoms with E-state index in [0.29, 0.717) is 23.0 Å². The average Bonchev–Trinajstić information content (AvgIpc) is 3.76. The molecule has 0 aliphatic rings. The molecule has 3 heterocycles. The van der Waals surface area contributed by atoms with Gasteiger partial charge in [0.2, 0.25) is 0 Å². The molecule has 0 bridgehead atoms. The number of para-hydroxylation sites is 1. The second-order valence-corrected chi connectivity index (χ2v) is 13.9. The van der Waals surface area contributed by atoms with E-state index in [4.69, 9.17) is 15.0 Å². The maximum absolute atomic E-state index is 10.2. The average molecular weight is 682 g/mol. The van der Waals surface area contributed by atoms with Crippen LogP contribution in [0.25, 0.3) is 93.0 Å². The molecule has 0 N–H and O–H groups in total. The summed E-state index contributed by atoms with van der Waals surface area (Å²) < 4.78 is 4.79. The number of fused-ring (bicyclic) bond motifs is 6. The van der Waals surface area contributed by atoms with E-state index in [2.05, 4.69) is 102 Å². The number of hydrogen-bond donors (Lipinski definition) is 0. The maximum atomic E-state index is 10.2. The van der Waals surface area contributed by atoms with Gasteiger partial charge in [0.05, 0.1) is 22.7 Å². The fourth-order valence-electron chi connectivity index (χ4n) is 7.20. The molecule has 0 aliphatic carbocycles. The molecule has 0 atom stereocenters. The minimum Gasteiger partial charge on any atom is -0.309 e. The number of hydrogen-bond acceptors (Lipinski definition) is 5. The molecule has 3 aromatic heterocycles. The first-order valence-corrected chi connectivity index (χ1v) is 17.9. The van der Waals surface area contributed by atoms with Gasteiger partial charge < -0.3 is 4.57 Å². The number of nitrogens with zero attached hydrogens (tertiary/aromatic N) is 5. The first-order valence-electron chi connectivity index (χ1n) is 17.1. The molecular weight excluding hydrogens is 655 g/mol. The smallest absolute Gasteiger partial charge is 0.164 e. The Morgan fingerprint density at radius 1 is 0.423 bits per heavy atom. The zero-order chi connectivity index (χ0) is 34.6. The lowest BCUT2D eigenvalue weighted by atomic mass is 10.00. The van der Waals surface area contributed by atoms with Crippen LogP contribution in [-0.4, -0.2) is 19.5 Å². The third kappa shape index (κ3) is 5.03. The van der Waals surface area contributed by atoms with Crippen molar-refractivity contribution >= 4 is 53.3 Å². The molecule has 0 amide bonds. The molecule has 242 valence electrons. The zero-order valence-electron chi connectivity index (χ0n) is 27.7. The molecule has 0 spiro atoms. The SMILES string of the molecule is N#Cc1cc(-c2ccc3sc4ccccc4c3c2)cc(-n2c3ccccc3c3cc(-c4nc(-c5ccccc5)nc(-c5ccccc5)n4)ccc32)c1. The zero-order valence-corrected chi connectivity index (χ0v) is 28.5. The van der Waals surface area contributed by atoms with Crippen molar-refractivity contribution in [2.75, 3.05) is 0 Å². The Hall–Kier alpha value is -6.94. The van der Waals surface area contributed by atoms with E-state index in [1.807, 2.05) is 72.8 Å². The summed E-state index contributed by atoms with van der Waals surface area (Å²) in [6.07, 6.45) is 0. The van der Waals surface area contributed by atoms with Gasteiger partial charge in [-0.15, -0.1) is 11.3 Å². The van der Waals surface area contributed by atoms with Crippen LogP contribution in [0.4, 0.5) is 0 Å². The predicted octanol–water partition coefficient (Wildman–Crippen LogP) is 11.9. The standard InChI is InChI=1S/C46H27N5S/c47-28-29-23-34(32-20-22-43-39(26-32)37-16-8-10-18-42(37)52-43)25-35(24-29)51-40-17-9-7-15-36(40)38-27-33(19-21-41(38)51)46-49-44(30-11-3-1-4-12-30)48-45(50-46)31-13-5-2-6-14-31/h1-27H. The van der Waals surface area contributed by atoms with Crippen LogP contribution in [0.15, 0.2) is 164 Å². The number of nitriles is 1. The normalized spacial score (nSPS) is 11.4. The molecule has 10 rings (SSSR count). The van der Waals surface area contributed by atoms with Gasteiger partial charge in [-0.05, 0) is 71.8 Å². The van der Waals surface area contributed by atoms with Crippen LogP contribution in [0.5, 0.6) is 0 Å². The predicted molar refractivity (Wildman–Crippen MR) is 214 cm³/mol. The molecule has 0 unspecified atom stereocenters. The fraction of sp³-hybridized carbons (Fsp3) is 0. The Morgan fingerprint density at radius 3 is 1.73 bits per heavy atom. The molecule has 0 saturated carbocycles. The van der Waals surface area contributed by atoms with Gasteiger partial charge in [-0.25, -0.2) is 15.0 Å². The topological polar surface area (TPSA) is 67.4 Å². The maximum Gasteiger partial charge on any atom is 0.164 e. The molecule has 5 nitrogen and oxygen atoms in total. The van der Waals surface area contributed by atoms with Crippen molar-refractivity contribution in [1.82, 2.24) is 19.5 Å². The van der Waals surface area contributed by atoms with Crippen LogP contribution >= 0.6 is 11.3 Å². The van der Waals surface area contributed by atoms with E-state index >= 15 is 0 Å². The molecular formula is C46H27N5S. The highest BCUT2D eigenvalue weighted by molar-refractivity contribution is 7.25. The van der Waals surface area contributed by atoms with Gasteiger partial charge in [-0.1, -0.05) is 103 Å². The highest BCUT2D eigenvalue weighted by atomic mass is 32.1. The van der Waals surface area contributed by atoms with Gasteiger partial charge in [-0.2, -0.15) is 5.26 Å². The highest BCUT2D eigenvalue weighted by Gasteiger charge is 2.18. The summed E-state index contributed by atoms with van der Waals surface area (Å²) in [7, 11) is 0. The lowest BCUT2D eigenvalue weighted by molar-refractivity contribution is 1.07. The van der Waals surface area contributed by atoms with Gasteiger partial charge in [0.1, 0.15) is 0 Å². The Morgan fingerprint density at radius 2 is 1.00 bits per heavy atom. The van der Waals surface area contributed by atoms with Crippen molar-refractivity contribution < 1.29 is 0 Å². The molecule has 0 aliphatic heterocycles. The lowest BCUT2D eigenvalue weighted by Gasteiger charge is -2.12. The van der Waals surface area contributed by atoms with Crippen LogP contribution in [0.3, 0.4) is 0 Å². The van der Waals surface area contributed by atoms with Crippen molar-refractivity contribution in [1.29, 1.82) is 5.26 Å². The third-order valence-electron chi connectivity index (χ3n) is 9.65. The molecule has 52 heavy (non-hydrogen) atoms. The van der Waals surface area contributed by atoms with Crippen molar-refractivity contribution in [3.8, 4) is 57.0 Å². The molecule has 10 aromatic rings.